The van der Waals surface area contributed by atoms with Gasteiger partial charge in [-0.15, -0.1) is 0 Å². The molecule has 2 aromatic heterocycles. The number of ether oxygens (including phenoxy) is 3. The van der Waals surface area contributed by atoms with Crippen LogP contribution in [0, 0.1) is 4.77 Å². The number of halogens is 1. The third-order valence-corrected chi connectivity index (χ3v) is 5.65. The van der Waals surface area contributed by atoms with Crippen LogP contribution < -0.4 is 25.1 Å². The molecule has 2 aromatic carbocycles. The molecule has 0 aliphatic carbocycles. The highest BCUT2D eigenvalue weighted by molar-refractivity contribution is 7.71. The third-order valence-electron chi connectivity index (χ3n) is 5.13. The smallest absolute Gasteiger partial charge is 0.269 e. The molecule has 1 amide bonds. The molecular weight excluding hydrogens is 494 g/mol. The SMILES string of the molecule is COc1cc2c(=O)n(-c3ncc(OC)c(OC)n3)c(=S)[nH]c2cc1C(=O)NCc1cccc(Cl)c1. The summed E-state index contributed by atoms with van der Waals surface area (Å²) in [5.41, 5.74) is 0.917. The Kier molecular flexibility index (Phi) is 6.99. The predicted molar refractivity (Wildman–Crippen MR) is 133 cm³/mol. The van der Waals surface area contributed by atoms with E-state index in [0.717, 1.165) is 10.1 Å². The molecule has 0 fully saturated rings. The quantitative estimate of drug-likeness (QED) is 0.360. The lowest BCUT2D eigenvalue weighted by Crippen LogP contribution is -2.25. The Balaban J connectivity index is 1.76. The Bertz CT molecular complexity index is 1550. The van der Waals surface area contributed by atoms with Gasteiger partial charge in [-0.2, -0.15) is 4.98 Å². The van der Waals surface area contributed by atoms with Gasteiger partial charge in [-0.3, -0.25) is 9.59 Å². The Morgan fingerprint density at radius 2 is 1.91 bits per heavy atom. The van der Waals surface area contributed by atoms with Crippen LogP contribution in [0.15, 0.2) is 47.4 Å². The minimum absolute atomic E-state index is 0.00175. The molecule has 12 heteroatoms. The fraction of sp³-hybridized carbons (Fsp3) is 0.174. The summed E-state index contributed by atoms with van der Waals surface area (Å²) < 4.78 is 16.9. The molecule has 35 heavy (non-hydrogen) atoms. The zero-order valence-electron chi connectivity index (χ0n) is 18.9. The van der Waals surface area contributed by atoms with Crippen LogP contribution in [0.5, 0.6) is 17.4 Å². The number of fused-ring (bicyclic) bond motifs is 1. The van der Waals surface area contributed by atoms with Gasteiger partial charge in [-0.05, 0) is 42.0 Å². The monoisotopic (exact) mass is 513 g/mol. The number of nitrogens with zero attached hydrogens (tertiary/aromatic N) is 3. The number of hydrogen-bond acceptors (Lipinski definition) is 8. The number of rotatable bonds is 7. The van der Waals surface area contributed by atoms with E-state index < -0.39 is 11.5 Å². The lowest BCUT2D eigenvalue weighted by molar-refractivity contribution is 0.0948. The normalized spacial score (nSPS) is 10.7. The molecule has 0 saturated carbocycles. The van der Waals surface area contributed by atoms with Crippen molar-refractivity contribution < 1.29 is 19.0 Å². The Morgan fingerprint density at radius 3 is 2.60 bits per heavy atom. The fourth-order valence-corrected chi connectivity index (χ4v) is 3.92. The summed E-state index contributed by atoms with van der Waals surface area (Å²) >= 11 is 11.4. The summed E-state index contributed by atoms with van der Waals surface area (Å²) in [4.78, 5) is 37.6. The van der Waals surface area contributed by atoms with Crippen LogP contribution in [0.3, 0.4) is 0 Å². The number of aromatic amines is 1. The summed E-state index contributed by atoms with van der Waals surface area (Å²) in [6, 6.07) is 10.1. The van der Waals surface area contributed by atoms with Crippen LogP contribution in [-0.4, -0.2) is 46.8 Å². The first-order valence-electron chi connectivity index (χ1n) is 10.2. The second kappa shape index (κ2) is 10.1. The highest BCUT2D eigenvalue weighted by atomic mass is 35.5. The van der Waals surface area contributed by atoms with Crippen molar-refractivity contribution in [1.82, 2.24) is 24.8 Å². The molecule has 2 heterocycles. The lowest BCUT2D eigenvalue weighted by atomic mass is 10.1. The molecule has 0 aliphatic heterocycles. The van der Waals surface area contributed by atoms with E-state index in [9.17, 15) is 9.59 Å². The summed E-state index contributed by atoms with van der Waals surface area (Å²) in [6.45, 7) is 0.259. The number of aromatic nitrogens is 4. The standard InChI is InChI=1S/C23H20ClN5O5S/c1-32-17-9-14-16(8-15(17)19(30)25-10-12-5-4-6-13(24)7-12)27-23(35)29(21(14)31)22-26-11-18(33-2)20(28-22)34-3/h4-9,11H,10H2,1-3H3,(H,25,30)(H,27,35). The number of carbonyl (C=O) groups excluding carboxylic acids is 1. The average molecular weight is 514 g/mol. The number of hydrogen-bond donors (Lipinski definition) is 2. The van der Waals surface area contributed by atoms with Crippen LogP contribution >= 0.6 is 23.8 Å². The van der Waals surface area contributed by atoms with Gasteiger partial charge >= 0.3 is 0 Å². The first-order chi connectivity index (χ1) is 16.9. The molecule has 0 saturated heterocycles. The number of nitrogens with one attached hydrogen (secondary N) is 2. The van der Waals surface area contributed by atoms with Gasteiger partial charge in [0, 0.05) is 11.6 Å². The molecule has 2 N–H and O–H groups in total. The predicted octanol–water partition coefficient (Wildman–Crippen LogP) is 3.45. The average Bonchev–Trinajstić information content (AvgIpc) is 2.86. The second-order valence-electron chi connectivity index (χ2n) is 7.23. The summed E-state index contributed by atoms with van der Waals surface area (Å²) in [6.07, 6.45) is 1.38. The van der Waals surface area contributed by atoms with E-state index in [4.69, 9.17) is 38.0 Å². The number of methoxy groups -OCH3 is 3. The highest BCUT2D eigenvalue weighted by Gasteiger charge is 2.19. The van der Waals surface area contributed by atoms with Crippen LogP contribution in [-0.2, 0) is 6.54 Å². The van der Waals surface area contributed by atoms with E-state index in [-0.39, 0.29) is 39.8 Å². The molecule has 0 bridgehead atoms. The molecule has 0 atom stereocenters. The van der Waals surface area contributed by atoms with E-state index in [1.165, 1.54) is 39.7 Å². The van der Waals surface area contributed by atoms with Crippen LogP contribution in [0.2, 0.25) is 5.02 Å². The van der Waals surface area contributed by atoms with Crippen molar-refractivity contribution in [3.8, 4) is 23.3 Å². The Morgan fingerprint density at radius 1 is 1.14 bits per heavy atom. The van der Waals surface area contributed by atoms with Crippen LogP contribution in [0.1, 0.15) is 15.9 Å². The minimum atomic E-state index is -0.500. The van der Waals surface area contributed by atoms with Gasteiger partial charge < -0.3 is 24.5 Å². The molecule has 180 valence electrons. The van der Waals surface area contributed by atoms with Gasteiger partial charge in [-0.1, -0.05) is 23.7 Å². The van der Waals surface area contributed by atoms with Crippen molar-refractivity contribution >= 4 is 40.6 Å². The molecule has 4 aromatic rings. The van der Waals surface area contributed by atoms with Crippen molar-refractivity contribution in [2.75, 3.05) is 21.3 Å². The fourth-order valence-electron chi connectivity index (χ4n) is 3.44. The van der Waals surface area contributed by atoms with Gasteiger partial charge in [0.15, 0.2) is 10.5 Å². The van der Waals surface area contributed by atoms with E-state index >= 15 is 0 Å². The van der Waals surface area contributed by atoms with Crippen molar-refractivity contribution in [3.05, 3.63) is 73.9 Å². The Labute approximate surface area is 209 Å². The van der Waals surface area contributed by atoms with E-state index in [1.54, 1.807) is 18.2 Å². The molecule has 0 spiro atoms. The van der Waals surface area contributed by atoms with Gasteiger partial charge in [0.25, 0.3) is 17.3 Å². The summed E-state index contributed by atoms with van der Waals surface area (Å²) in [7, 11) is 4.28. The van der Waals surface area contributed by atoms with E-state index in [0.29, 0.717) is 16.3 Å². The zero-order chi connectivity index (χ0) is 25.1. The van der Waals surface area contributed by atoms with E-state index in [1.807, 2.05) is 6.07 Å². The third kappa shape index (κ3) is 4.81. The molecular formula is C23H20ClN5O5S. The van der Waals surface area contributed by atoms with Crippen molar-refractivity contribution in [3.63, 3.8) is 0 Å². The highest BCUT2D eigenvalue weighted by Crippen LogP contribution is 2.25. The number of carbonyl (C=O) groups is 1. The summed E-state index contributed by atoms with van der Waals surface area (Å²) in [5, 5.41) is 3.62. The molecule has 10 nitrogen and oxygen atoms in total. The van der Waals surface area contributed by atoms with Crippen molar-refractivity contribution in [1.29, 1.82) is 0 Å². The lowest BCUT2D eigenvalue weighted by Gasteiger charge is -2.13. The zero-order valence-corrected chi connectivity index (χ0v) is 20.5. The van der Waals surface area contributed by atoms with E-state index in [2.05, 4.69) is 20.3 Å². The molecule has 4 rings (SSSR count). The first kappa shape index (κ1) is 24.2. The molecule has 0 unspecified atom stereocenters. The molecule has 0 radical (unpaired) electrons. The van der Waals surface area contributed by atoms with Gasteiger partial charge in [0.1, 0.15) is 5.75 Å². The van der Waals surface area contributed by atoms with Crippen LogP contribution in [0.25, 0.3) is 16.9 Å². The van der Waals surface area contributed by atoms with Gasteiger partial charge in [0.2, 0.25) is 5.95 Å². The van der Waals surface area contributed by atoms with Crippen molar-refractivity contribution in [2.24, 2.45) is 0 Å². The van der Waals surface area contributed by atoms with Gasteiger partial charge in [0.05, 0.1) is 44.0 Å². The number of amides is 1. The Hall–Kier alpha value is -3.96. The second-order valence-corrected chi connectivity index (χ2v) is 8.05. The van der Waals surface area contributed by atoms with Gasteiger partial charge in [-0.25, -0.2) is 9.55 Å². The molecule has 0 aliphatic rings. The topological polar surface area (TPSA) is 120 Å². The van der Waals surface area contributed by atoms with Crippen molar-refractivity contribution in [2.45, 2.75) is 6.54 Å². The number of benzene rings is 2. The minimum Gasteiger partial charge on any atom is -0.496 e. The maximum absolute atomic E-state index is 13.4. The maximum Gasteiger partial charge on any atom is 0.269 e. The largest absolute Gasteiger partial charge is 0.496 e. The summed E-state index contributed by atoms with van der Waals surface area (Å²) in [5.74, 6) is 0.260. The maximum atomic E-state index is 13.4. The number of H-pyrrole nitrogens is 1. The first-order valence-corrected chi connectivity index (χ1v) is 11.0. The van der Waals surface area contributed by atoms with Crippen LogP contribution in [0.4, 0.5) is 0 Å².